The number of carbonyl (C=O) groups is 1. The minimum absolute atomic E-state index is 0.123. The van der Waals surface area contributed by atoms with Crippen molar-refractivity contribution in [3.8, 4) is 0 Å². The van der Waals surface area contributed by atoms with Gasteiger partial charge in [-0.1, -0.05) is 52.5 Å². The van der Waals surface area contributed by atoms with E-state index in [2.05, 4.69) is 0 Å². The molecule has 0 bridgehead atoms. The Kier molecular flexibility index (Phi) is 4.54. The van der Waals surface area contributed by atoms with Crippen LogP contribution < -0.4 is 0 Å². The quantitative estimate of drug-likeness (QED) is 0.492. The van der Waals surface area contributed by atoms with Crippen LogP contribution in [-0.2, 0) is 0 Å². The largest absolute Gasteiger partial charge is 0.473 e. The zero-order valence-corrected chi connectivity index (χ0v) is 13.9. The van der Waals surface area contributed by atoms with Crippen LogP contribution >= 0.6 is 10.0 Å². The van der Waals surface area contributed by atoms with Crippen LogP contribution in [0.5, 0.6) is 0 Å². The van der Waals surface area contributed by atoms with Gasteiger partial charge in [0.2, 0.25) is 0 Å². The molecule has 3 aromatic carbocycles. The fraction of sp³-hybridized carbons (Fsp3) is 0. The predicted molar refractivity (Wildman–Crippen MR) is 96.4 cm³/mol. The normalized spacial score (nSPS) is 11.7. The molecule has 0 spiro atoms. The molecule has 0 unspecified atom stereocenters. The minimum Gasteiger partial charge on any atom is -0.473 e. The van der Waals surface area contributed by atoms with E-state index in [-0.39, 0.29) is 5.69 Å². The first-order valence-electron chi connectivity index (χ1n) is 7.48. The molecule has 1 N–H and O–H groups in total. The topological polar surface area (TPSA) is 80.4 Å². The maximum absolute atomic E-state index is 12.6. The molecule has 0 saturated heterocycles. The van der Waals surface area contributed by atoms with Crippen molar-refractivity contribution in [3.63, 3.8) is 0 Å². The van der Waals surface area contributed by atoms with Crippen molar-refractivity contribution >= 4 is 21.0 Å². The van der Waals surface area contributed by atoms with Crippen molar-refractivity contribution in [1.29, 1.82) is 0 Å². The van der Waals surface area contributed by atoms with E-state index < -0.39 is 20.3 Å². The average molecular weight is 353 g/mol. The highest BCUT2D eigenvalue weighted by molar-refractivity contribution is 8.45. The van der Waals surface area contributed by atoms with Gasteiger partial charge in [-0.3, -0.25) is 10.1 Å². The molecule has 6 heteroatoms. The van der Waals surface area contributed by atoms with Gasteiger partial charge >= 0.3 is 5.30 Å². The lowest BCUT2D eigenvalue weighted by molar-refractivity contribution is -0.385. The molecular formula is C19H15NO4S. The van der Waals surface area contributed by atoms with Crippen LogP contribution in [0.1, 0.15) is 0 Å². The van der Waals surface area contributed by atoms with Gasteiger partial charge in [0.25, 0.3) is 5.69 Å². The standard InChI is InChI=1S/C19H15NO4S/c21-19(22)25(16-9-3-1-4-10-16,17-11-5-2-6-12-17)18-13-7-8-15(14-18)20(23)24/h1-14H,(H,21,22). The van der Waals surface area contributed by atoms with Gasteiger partial charge in [0.15, 0.2) is 0 Å². The molecule has 25 heavy (non-hydrogen) atoms. The van der Waals surface area contributed by atoms with Crippen molar-refractivity contribution in [2.45, 2.75) is 14.7 Å². The highest BCUT2D eigenvalue weighted by atomic mass is 32.3. The summed E-state index contributed by atoms with van der Waals surface area (Å²) in [5.74, 6) is 0. The maximum Gasteiger partial charge on any atom is 0.359 e. The molecule has 0 fully saturated rings. The molecule has 3 rings (SSSR count). The highest BCUT2D eigenvalue weighted by Gasteiger charge is 2.39. The van der Waals surface area contributed by atoms with Crippen LogP contribution in [0.4, 0.5) is 10.5 Å². The fourth-order valence-electron chi connectivity index (χ4n) is 2.75. The monoisotopic (exact) mass is 353 g/mol. The van der Waals surface area contributed by atoms with Gasteiger partial charge in [0.1, 0.15) is 0 Å². The van der Waals surface area contributed by atoms with Crippen LogP contribution in [0.2, 0.25) is 0 Å². The molecule has 0 aliphatic carbocycles. The fourth-order valence-corrected chi connectivity index (χ4v) is 5.88. The first kappa shape index (κ1) is 16.7. The molecule has 0 aliphatic rings. The van der Waals surface area contributed by atoms with Crippen molar-refractivity contribution in [1.82, 2.24) is 0 Å². The number of non-ortho nitro benzene ring substituents is 1. The van der Waals surface area contributed by atoms with Gasteiger partial charge in [0.05, 0.1) is 4.92 Å². The summed E-state index contributed by atoms with van der Waals surface area (Å²) in [6, 6.07) is 23.7. The van der Waals surface area contributed by atoms with E-state index in [4.69, 9.17) is 0 Å². The molecule has 3 aromatic rings. The number of carboxylic acid groups (broad SMARTS) is 1. The first-order valence-corrected chi connectivity index (χ1v) is 9.11. The van der Waals surface area contributed by atoms with Gasteiger partial charge in [-0.25, -0.2) is 4.79 Å². The second-order valence-electron chi connectivity index (χ2n) is 5.26. The van der Waals surface area contributed by atoms with E-state index in [0.29, 0.717) is 14.7 Å². The lowest BCUT2D eigenvalue weighted by Crippen LogP contribution is -2.13. The average Bonchev–Trinajstić information content (AvgIpc) is 2.64. The van der Waals surface area contributed by atoms with Gasteiger partial charge in [0, 0.05) is 26.8 Å². The summed E-state index contributed by atoms with van der Waals surface area (Å²) in [4.78, 5) is 24.9. The Morgan fingerprint density at radius 2 is 1.28 bits per heavy atom. The third-order valence-electron chi connectivity index (χ3n) is 3.84. The summed E-state index contributed by atoms with van der Waals surface area (Å²) < 4.78 is 0. The lowest BCUT2D eigenvalue weighted by Gasteiger charge is -2.36. The van der Waals surface area contributed by atoms with Crippen LogP contribution in [0.25, 0.3) is 0 Å². The number of nitro benzene ring substituents is 1. The molecule has 0 saturated carbocycles. The van der Waals surface area contributed by atoms with Crippen molar-refractivity contribution in [2.75, 3.05) is 0 Å². The van der Waals surface area contributed by atoms with Gasteiger partial charge < -0.3 is 5.11 Å². The number of benzene rings is 3. The van der Waals surface area contributed by atoms with Crippen LogP contribution in [-0.4, -0.2) is 15.3 Å². The lowest BCUT2D eigenvalue weighted by atomic mass is 10.3. The van der Waals surface area contributed by atoms with E-state index in [0.717, 1.165) is 0 Å². The van der Waals surface area contributed by atoms with Crippen molar-refractivity contribution < 1.29 is 14.8 Å². The molecule has 5 nitrogen and oxygen atoms in total. The smallest absolute Gasteiger partial charge is 0.359 e. The Morgan fingerprint density at radius 3 is 1.72 bits per heavy atom. The Bertz CT molecular complexity index is 873. The zero-order valence-electron chi connectivity index (χ0n) is 13.1. The Morgan fingerprint density at radius 1 is 0.800 bits per heavy atom. The van der Waals surface area contributed by atoms with Crippen molar-refractivity contribution in [3.05, 3.63) is 95.0 Å². The Labute approximate surface area is 146 Å². The summed E-state index contributed by atoms with van der Waals surface area (Å²) in [5, 5.41) is 20.5. The highest BCUT2D eigenvalue weighted by Crippen LogP contribution is 2.68. The van der Waals surface area contributed by atoms with Crippen LogP contribution in [0, 0.1) is 10.1 Å². The zero-order chi connectivity index (χ0) is 17.9. The van der Waals surface area contributed by atoms with E-state index in [1.54, 1.807) is 54.6 Å². The Balaban J connectivity index is 2.38. The molecule has 0 atom stereocenters. The molecule has 0 amide bonds. The Hall–Kier alpha value is -3.12. The van der Waals surface area contributed by atoms with Crippen LogP contribution in [0.3, 0.4) is 0 Å². The van der Waals surface area contributed by atoms with E-state index in [1.165, 1.54) is 18.2 Å². The summed E-state index contributed by atoms with van der Waals surface area (Å²) >= 11 is 0. The summed E-state index contributed by atoms with van der Waals surface area (Å²) in [6.07, 6.45) is 0. The molecule has 126 valence electrons. The van der Waals surface area contributed by atoms with Gasteiger partial charge in [-0.15, -0.1) is 0 Å². The molecule has 0 heterocycles. The molecule has 0 radical (unpaired) electrons. The first-order chi connectivity index (χ1) is 12.1. The summed E-state index contributed by atoms with van der Waals surface area (Å²) in [6.45, 7) is 0. The molecular weight excluding hydrogens is 338 g/mol. The third kappa shape index (κ3) is 2.88. The third-order valence-corrected chi connectivity index (χ3v) is 7.28. The summed E-state index contributed by atoms with van der Waals surface area (Å²) in [7, 11) is -2.69. The maximum atomic E-state index is 12.6. The number of nitrogens with zero attached hydrogens (tertiary/aromatic N) is 1. The van der Waals surface area contributed by atoms with Gasteiger partial charge in [-0.05, 0) is 30.3 Å². The summed E-state index contributed by atoms with van der Waals surface area (Å²) in [5.41, 5.74) is -0.123. The second-order valence-corrected chi connectivity index (χ2v) is 8.25. The predicted octanol–water partition coefficient (Wildman–Crippen LogP) is 5.55. The van der Waals surface area contributed by atoms with E-state index in [9.17, 15) is 20.0 Å². The molecule has 0 aromatic heterocycles. The number of hydrogen-bond donors (Lipinski definition) is 1. The number of rotatable bonds is 4. The minimum atomic E-state index is -2.69. The van der Waals surface area contributed by atoms with E-state index >= 15 is 0 Å². The molecule has 0 aliphatic heterocycles. The van der Waals surface area contributed by atoms with Crippen molar-refractivity contribution in [2.24, 2.45) is 0 Å². The number of hydrogen-bond acceptors (Lipinski definition) is 3. The second kappa shape index (κ2) is 6.78. The van der Waals surface area contributed by atoms with Gasteiger partial charge in [-0.2, -0.15) is 0 Å². The SMILES string of the molecule is O=C(O)S(c1ccccc1)(c1ccccc1)c1cccc([N+](=O)[O-])c1. The number of nitro groups is 1. The van der Waals surface area contributed by atoms with E-state index in [1.807, 2.05) is 12.1 Å². The van der Waals surface area contributed by atoms with Crippen LogP contribution in [0.15, 0.2) is 99.6 Å².